The molecular weight excluding hydrogens is 200 g/mol. The fraction of sp³-hybridized carbons (Fsp3) is 0.769. The largest absolute Gasteiger partial charge is 0.361 e. The summed E-state index contributed by atoms with van der Waals surface area (Å²) in [5.74, 6) is 0.907. The van der Waals surface area contributed by atoms with Crippen LogP contribution in [0.3, 0.4) is 0 Å². The Morgan fingerprint density at radius 3 is 2.56 bits per heavy atom. The minimum Gasteiger partial charge on any atom is -0.361 e. The van der Waals surface area contributed by atoms with E-state index in [0.29, 0.717) is 0 Å². The van der Waals surface area contributed by atoms with Crippen LogP contribution in [0.4, 0.5) is 0 Å². The van der Waals surface area contributed by atoms with Crippen molar-refractivity contribution < 1.29 is 4.52 Å². The van der Waals surface area contributed by atoms with Gasteiger partial charge in [0, 0.05) is 18.7 Å². The van der Waals surface area contributed by atoms with Crippen LogP contribution >= 0.6 is 0 Å². The van der Waals surface area contributed by atoms with E-state index in [1.165, 1.54) is 38.5 Å². The minimum absolute atomic E-state index is 0.736. The predicted octanol–water partition coefficient (Wildman–Crippen LogP) is 3.14. The van der Waals surface area contributed by atoms with Gasteiger partial charge in [0.1, 0.15) is 5.76 Å². The third-order valence-electron chi connectivity index (χ3n) is 3.54. The molecule has 1 aliphatic carbocycles. The van der Waals surface area contributed by atoms with Gasteiger partial charge in [-0.3, -0.25) is 4.90 Å². The molecule has 16 heavy (non-hydrogen) atoms. The smallest absolute Gasteiger partial charge is 0.133 e. The first kappa shape index (κ1) is 11.6. The van der Waals surface area contributed by atoms with Crippen molar-refractivity contribution in [3.8, 4) is 0 Å². The highest BCUT2D eigenvalue weighted by atomic mass is 16.5. The summed E-state index contributed by atoms with van der Waals surface area (Å²) >= 11 is 0. The standard InChI is InChI=1S/C13H22N2O/c1-11-9-12(14-16-11)10-15(2)13-7-5-3-4-6-8-13/h9,13H,3-8,10H2,1-2H3. The average molecular weight is 222 g/mol. The van der Waals surface area contributed by atoms with Crippen molar-refractivity contribution in [2.75, 3.05) is 7.05 Å². The number of aromatic nitrogens is 1. The predicted molar refractivity (Wildman–Crippen MR) is 64.2 cm³/mol. The number of nitrogens with zero attached hydrogens (tertiary/aromatic N) is 2. The van der Waals surface area contributed by atoms with Crippen molar-refractivity contribution >= 4 is 0 Å². The van der Waals surface area contributed by atoms with Crippen LogP contribution < -0.4 is 0 Å². The number of rotatable bonds is 3. The summed E-state index contributed by atoms with van der Waals surface area (Å²) in [4.78, 5) is 2.43. The van der Waals surface area contributed by atoms with E-state index >= 15 is 0 Å². The summed E-state index contributed by atoms with van der Waals surface area (Å²) in [6.07, 6.45) is 8.27. The summed E-state index contributed by atoms with van der Waals surface area (Å²) in [6, 6.07) is 2.77. The topological polar surface area (TPSA) is 29.3 Å². The molecular formula is C13H22N2O. The third-order valence-corrected chi connectivity index (χ3v) is 3.54. The quantitative estimate of drug-likeness (QED) is 0.736. The molecule has 1 heterocycles. The lowest BCUT2D eigenvalue weighted by Gasteiger charge is -2.25. The molecule has 1 fully saturated rings. The molecule has 1 aromatic heterocycles. The van der Waals surface area contributed by atoms with Gasteiger partial charge in [0.25, 0.3) is 0 Å². The summed E-state index contributed by atoms with van der Waals surface area (Å²) in [6.45, 7) is 2.87. The van der Waals surface area contributed by atoms with Crippen LogP contribution in [0, 0.1) is 6.92 Å². The van der Waals surface area contributed by atoms with Gasteiger partial charge in [-0.05, 0) is 26.8 Å². The van der Waals surface area contributed by atoms with Crippen molar-refractivity contribution in [3.63, 3.8) is 0 Å². The highest BCUT2D eigenvalue weighted by molar-refractivity contribution is 5.03. The summed E-state index contributed by atoms with van der Waals surface area (Å²) < 4.78 is 5.10. The van der Waals surface area contributed by atoms with Gasteiger partial charge in [0.2, 0.25) is 0 Å². The highest BCUT2D eigenvalue weighted by Crippen LogP contribution is 2.22. The molecule has 2 rings (SSSR count). The normalized spacial score (nSPS) is 18.9. The van der Waals surface area contributed by atoms with Gasteiger partial charge >= 0.3 is 0 Å². The lowest BCUT2D eigenvalue weighted by atomic mass is 10.1. The fourth-order valence-electron chi connectivity index (χ4n) is 2.58. The maximum atomic E-state index is 5.10. The Bertz CT molecular complexity index is 313. The van der Waals surface area contributed by atoms with E-state index in [-0.39, 0.29) is 0 Å². The Labute approximate surface area is 97.8 Å². The first-order valence-electron chi connectivity index (χ1n) is 6.38. The zero-order chi connectivity index (χ0) is 11.4. The Morgan fingerprint density at radius 1 is 1.31 bits per heavy atom. The molecule has 0 spiro atoms. The lowest BCUT2D eigenvalue weighted by molar-refractivity contribution is 0.207. The molecule has 0 radical (unpaired) electrons. The van der Waals surface area contributed by atoms with Crippen molar-refractivity contribution in [2.45, 2.75) is 58.0 Å². The molecule has 0 unspecified atom stereocenters. The van der Waals surface area contributed by atoms with Gasteiger partial charge in [0.15, 0.2) is 0 Å². The maximum Gasteiger partial charge on any atom is 0.133 e. The Morgan fingerprint density at radius 2 is 2.00 bits per heavy atom. The molecule has 0 bridgehead atoms. The second-order valence-corrected chi connectivity index (χ2v) is 4.99. The van der Waals surface area contributed by atoms with Gasteiger partial charge in [-0.1, -0.05) is 30.8 Å². The molecule has 90 valence electrons. The second kappa shape index (κ2) is 5.48. The number of hydrogen-bond acceptors (Lipinski definition) is 3. The van der Waals surface area contributed by atoms with Gasteiger partial charge in [-0.15, -0.1) is 0 Å². The van der Waals surface area contributed by atoms with Gasteiger partial charge in [0.05, 0.1) is 5.69 Å². The molecule has 0 saturated heterocycles. The first-order chi connectivity index (χ1) is 7.75. The van der Waals surface area contributed by atoms with Crippen molar-refractivity contribution in [2.24, 2.45) is 0 Å². The lowest BCUT2D eigenvalue weighted by Crippen LogP contribution is -2.30. The summed E-state index contributed by atoms with van der Waals surface area (Å²) in [5.41, 5.74) is 1.06. The molecule has 1 aliphatic rings. The van der Waals surface area contributed by atoms with E-state index in [1.807, 2.05) is 13.0 Å². The average Bonchev–Trinajstić information content (AvgIpc) is 2.56. The molecule has 0 N–H and O–H groups in total. The second-order valence-electron chi connectivity index (χ2n) is 4.99. The molecule has 0 aliphatic heterocycles. The Hall–Kier alpha value is -0.830. The van der Waals surface area contributed by atoms with Gasteiger partial charge in [-0.25, -0.2) is 0 Å². The molecule has 1 saturated carbocycles. The van der Waals surface area contributed by atoms with E-state index in [4.69, 9.17) is 4.52 Å². The van der Waals surface area contributed by atoms with Gasteiger partial charge < -0.3 is 4.52 Å². The third kappa shape index (κ3) is 3.08. The first-order valence-corrected chi connectivity index (χ1v) is 6.38. The molecule has 0 aromatic carbocycles. The van der Waals surface area contributed by atoms with Gasteiger partial charge in [-0.2, -0.15) is 0 Å². The van der Waals surface area contributed by atoms with Crippen LogP contribution in [-0.4, -0.2) is 23.1 Å². The van der Waals surface area contributed by atoms with E-state index in [1.54, 1.807) is 0 Å². The summed E-state index contributed by atoms with van der Waals surface area (Å²) in [5, 5.41) is 4.06. The Balaban J connectivity index is 1.88. The van der Waals surface area contributed by atoms with Crippen molar-refractivity contribution in [1.82, 2.24) is 10.1 Å². The van der Waals surface area contributed by atoms with E-state index < -0.39 is 0 Å². The SMILES string of the molecule is Cc1cc(CN(C)C2CCCCCC2)no1. The Kier molecular flexibility index (Phi) is 3.99. The maximum absolute atomic E-state index is 5.10. The number of hydrogen-bond donors (Lipinski definition) is 0. The van der Waals surface area contributed by atoms with Crippen LogP contribution in [0.15, 0.2) is 10.6 Å². The highest BCUT2D eigenvalue weighted by Gasteiger charge is 2.17. The van der Waals surface area contributed by atoms with Crippen LogP contribution in [0.5, 0.6) is 0 Å². The summed E-state index contributed by atoms with van der Waals surface area (Å²) in [7, 11) is 2.21. The van der Waals surface area contributed by atoms with Crippen LogP contribution in [0.25, 0.3) is 0 Å². The molecule has 3 heteroatoms. The van der Waals surface area contributed by atoms with Crippen molar-refractivity contribution in [1.29, 1.82) is 0 Å². The van der Waals surface area contributed by atoms with Crippen LogP contribution in [0.2, 0.25) is 0 Å². The zero-order valence-electron chi connectivity index (χ0n) is 10.4. The molecule has 1 aromatic rings. The molecule has 0 atom stereocenters. The van der Waals surface area contributed by atoms with E-state index in [2.05, 4.69) is 17.1 Å². The fourth-order valence-corrected chi connectivity index (χ4v) is 2.58. The van der Waals surface area contributed by atoms with E-state index in [9.17, 15) is 0 Å². The monoisotopic (exact) mass is 222 g/mol. The minimum atomic E-state index is 0.736. The molecule has 0 amide bonds. The van der Waals surface area contributed by atoms with Crippen LogP contribution in [0.1, 0.15) is 50.0 Å². The zero-order valence-corrected chi connectivity index (χ0v) is 10.4. The molecule has 3 nitrogen and oxygen atoms in total. The number of aryl methyl sites for hydroxylation is 1. The van der Waals surface area contributed by atoms with E-state index in [0.717, 1.165) is 24.0 Å². The van der Waals surface area contributed by atoms with Crippen LogP contribution in [-0.2, 0) is 6.54 Å². The van der Waals surface area contributed by atoms with Crippen molar-refractivity contribution in [3.05, 3.63) is 17.5 Å².